The first-order chi connectivity index (χ1) is 17.4. The van der Waals surface area contributed by atoms with Gasteiger partial charge in [-0.3, -0.25) is 4.98 Å². The second-order valence-electron chi connectivity index (χ2n) is 10.1. The average molecular weight is 664 g/mol. The molecule has 6 aromatic rings. The molecule has 0 saturated carbocycles. The fourth-order valence-electron chi connectivity index (χ4n) is 4.71. The summed E-state index contributed by atoms with van der Waals surface area (Å²) in [6.45, 7) is 6.64. The maximum Gasteiger partial charge on any atom is 0.144 e. The van der Waals surface area contributed by atoms with Crippen LogP contribution in [0.2, 0.25) is 0 Å². The zero-order valence-corrected chi connectivity index (χ0v) is 23.1. The van der Waals surface area contributed by atoms with E-state index in [0.717, 1.165) is 44.6 Å². The molecule has 4 nitrogen and oxygen atoms in total. The Balaban J connectivity index is 0.00000280. The van der Waals surface area contributed by atoms with Crippen LogP contribution >= 0.6 is 0 Å². The number of rotatable bonds is 3. The molecule has 0 aliphatic rings. The molecule has 0 spiro atoms. The number of phenols is 1. The SMILES string of the molecule is CC(C)(C)c1cc(-c2cccc(-c3ccccc3O)n2)[c-]c(-n2c3ccccc3c3cccnc32)c1.[Pt]. The van der Waals surface area contributed by atoms with E-state index < -0.39 is 0 Å². The van der Waals surface area contributed by atoms with Crippen molar-refractivity contribution < 1.29 is 26.2 Å². The molecule has 0 radical (unpaired) electrons. The Morgan fingerprint density at radius 3 is 2.32 bits per heavy atom. The van der Waals surface area contributed by atoms with Crippen molar-refractivity contribution in [3.63, 3.8) is 0 Å². The quantitative estimate of drug-likeness (QED) is 0.198. The molecule has 0 bridgehead atoms. The minimum absolute atomic E-state index is 0. The monoisotopic (exact) mass is 663 g/mol. The zero-order valence-electron chi connectivity index (χ0n) is 20.8. The number of aromatic hydroxyl groups is 1. The normalized spacial score (nSPS) is 11.5. The van der Waals surface area contributed by atoms with Crippen molar-refractivity contribution in [3.05, 3.63) is 109 Å². The van der Waals surface area contributed by atoms with Crippen LogP contribution in [0.1, 0.15) is 26.3 Å². The first-order valence-corrected chi connectivity index (χ1v) is 12.1. The van der Waals surface area contributed by atoms with Gasteiger partial charge in [-0.15, -0.1) is 29.3 Å². The number of pyridine rings is 2. The summed E-state index contributed by atoms with van der Waals surface area (Å²) in [5.74, 6) is 0.214. The fraction of sp³-hybridized carbons (Fsp3) is 0.125. The number of aromatic nitrogens is 3. The second-order valence-corrected chi connectivity index (χ2v) is 10.1. The Bertz CT molecular complexity index is 1690. The van der Waals surface area contributed by atoms with E-state index in [0.29, 0.717) is 5.56 Å². The van der Waals surface area contributed by atoms with Crippen LogP contribution in [0, 0.1) is 6.07 Å². The Hall–Kier alpha value is -3.75. The summed E-state index contributed by atoms with van der Waals surface area (Å²) in [5, 5.41) is 12.7. The van der Waals surface area contributed by atoms with Gasteiger partial charge in [0.1, 0.15) is 11.4 Å². The molecule has 0 amide bonds. The standard InChI is InChI=1S/C32H26N3O.Pt/c1-32(2,3)22-18-21(27-13-8-14-28(34-27)26-11-5-7-16-30(26)36)19-23(20-22)35-29-15-6-4-10-24(29)25-12-9-17-33-31(25)35;/h4-18,20,36H,1-3H3;/q-1;. The van der Waals surface area contributed by atoms with Crippen molar-refractivity contribution >= 4 is 21.9 Å². The van der Waals surface area contributed by atoms with Crippen LogP contribution in [0.25, 0.3) is 50.1 Å². The number of phenolic OH excluding ortho intramolecular Hbond substituents is 1. The summed E-state index contributed by atoms with van der Waals surface area (Å²) in [6, 6.07) is 33.7. The number of nitrogens with zero attached hydrogens (tertiary/aromatic N) is 3. The third-order valence-electron chi connectivity index (χ3n) is 6.60. The molecule has 0 saturated heterocycles. The predicted molar refractivity (Wildman–Crippen MR) is 146 cm³/mol. The Kier molecular flexibility index (Phi) is 6.47. The number of benzene rings is 3. The van der Waals surface area contributed by atoms with Crippen LogP contribution in [0.3, 0.4) is 0 Å². The largest absolute Gasteiger partial charge is 0.507 e. The Morgan fingerprint density at radius 1 is 0.784 bits per heavy atom. The van der Waals surface area contributed by atoms with E-state index in [1.54, 1.807) is 6.07 Å². The van der Waals surface area contributed by atoms with Crippen LogP contribution in [0.4, 0.5) is 0 Å². The van der Waals surface area contributed by atoms with Crippen LogP contribution in [-0.4, -0.2) is 19.6 Å². The van der Waals surface area contributed by atoms with Gasteiger partial charge in [-0.2, -0.15) is 0 Å². The van der Waals surface area contributed by atoms with Crippen LogP contribution in [0.5, 0.6) is 5.75 Å². The molecule has 3 heterocycles. The minimum atomic E-state index is -0.0832. The van der Waals surface area contributed by atoms with E-state index >= 15 is 0 Å². The Morgan fingerprint density at radius 2 is 1.51 bits per heavy atom. The number of fused-ring (bicyclic) bond motifs is 3. The molecule has 3 aromatic heterocycles. The maximum atomic E-state index is 10.4. The van der Waals surface area contributed by atoms with Gasteiger partial charge in [0.25, 0.3) is 0 Å². The summed E-state index contributed by atoms with van der Waals surface area (Å²) in [6.07, 6.45) is 1.84. The number of hydrogen-bond donors (Lipinski definition) is 1. The molecular weight excluding hydrogens is 637 g/mol. The van der Waals surface area contributed by atoms with Crippen molar-refractivity contribution in [3.8, 4) is 34.0 Å². The molecule has 0 aliphatic heterocycles. The van der Waals surface area contributed by atoms with Crippen molar-refractivity contribution in [2.75, 3.05) is 0 Å². The van der Waals surface area contributed by atoms with Gasteiger partial charge in [0.2, 0.25) is 0 Å². The minimum Gasteiger partial charge on any atom is -0.507 e. The first kappa shape index (κ1) is 24.9. The topological polar surface area (TPSA) is 50.9 Å². The van der Waals surface area contributed by atoms with E-state index in [2.05, 4.69) is 73.9 Å². The van der Waals surface area contributed by atoms with Crippen molar-refractivity contribution in [2.45, 2.75) is 26.2 Å². The van der Waals surface area contributed by atoms with Crippen LogP contribution in [0.15, 0.2) is 97.2 Å². The van der Waals surface area contributed by atoms with E-state index in [1.165, 1.54) is 5.56 Å². The molecule has 0 fully saturated rings. The molecular formula is C32H26N3OPt-. The van der Waals surface area contributed by atoms with Gasteiger partial charge >= 0.3 is 0 Å². The zero-order chi connectivity index (χ0) is 24.9. The van der Waals surface area contributed by atoms with Crippen LogP contribution < -0.4 is 0 Å². The molecule has 186 valence electrons. The molecule has 0 aliphatic carbocycles. The molecule has 0 atom stereocenters. The second kappa shape index (κ2) is 9.61. The third-order valence-corrected chi connectivity index (χ3v) is 6.60. The van der Waals surface area contributed by atoms with Gasteiger partial charge in [-0.25, -0.2) is 4.98 Å². The smallest absolute Gasteiger partial charge is 0.144 e. The molecule has 37 heavy (non-hydrogen) atoms. The molecule has 0 unspecified atom stereocenters. The number of hydrogen-bond acceptors (Lipinski definition) is 3. The van der Waals surface area contributed by atoms with Gasteiger partial charge in [0, 0.05) is 43.6 Å². The molecule has 6 rings (SSSR count). The van der Waals surface area contributed by atoms with Crippen molar-refractivity contribution in [2.24, 2.45) is 0 Å². The summed E-state index contributed by atoms with van der Waals surface area (Å²) < 4.78 is 2.19. The summed E-state index contributed by atoms with van der Waals surface area (Å²) >= 11 is 0. The average Bonchev–Trinajstić information content (AvgIpc) is 3.23. The van der Waals surface area contributed by atoms with Gasteiger partial charge in [0.05, 0.1) is 11.2 Å². The van der Waals surface area contributed by atoms with Gasteiger partial charge in [-0.05, 0) is 53.2 Å². The van der Waals surface area contributed by atoms with Gasteiger partial charge < -0.3 is 9.67 Å². The summed E-state index contributed by atoms with van der Waals surface area (Å²) in [4.78, 5) is 9.68. The molecule has 3 aromatic carbocycles. The van der Waals surface area contributed by atoms with E-state index in [-0.39, 0.29) is 32.2 Å². The van der Waals surface area contributed by atoms with Gasteiger partial charge in [0.15, 0.2) is 0 Å². The third kappa shape index (κ3) is 4.47. The van der Waals surface area contributed by atoms with E-state index in [9.17, 15) is 5.11 Å². The van der Waals surface area contributed by atoms with Crippen LogP contribution in [-0.2, 0) is 26.5 Å². The fourth-order valence-corrected chi connectivity index (χ4v) is 4.71. The van der Waals surface area contributed by atoms with E-state index in [1.807, 2.05) is 48.7 Å². The summed E-state index contributed by atoms with van der Waals surface area (Å²) in [7, 11) is 0. The van der Waals surface area contributed by atoms with Crippen molar-refractivity contribution in [1.82, 2.24) is 14.5 Å². The summed E-state index contributed by atoms with van der Waals surface area (Å²) in [5.41, 5.74) is 7.16. The van der Waals surface area contributed by atoms with Crippen molar-refractivity contribution in [1.29, 1.82) is 0 Å². The number of para-hydroxylation sites is 2. The maximum absolute atomic E-state index is 10.4. The first-order valence-electron chi connectivity index (χ1n) is 12.1. The van der Waals surface area contributed by atoms with Gasteiger partial charge in [-0.1, -0.05) is 63.2 Å². The Labute approximate surface area is 230 Å². The van der Waals surface area contributed by atoms with E-state index in [4.69, 9.17) is 9.97 Å². The molecule has 1 N–H and O–H groups in total. The predicted octanol–water partition coefficient (Wildman–Crippen LogP) is 7.71. The molecule has 5 heteroatoms.